The molecule has 0 unspecified atom stereocenters. The molecule has 1 aromatic rings. The molecule has 0 amide bonds. The predicted octanol–water partition coefficient (Wildman–Crippen LogP) is 2.75. The van der Waals surface area contributed by atoms with E-state index in [-0.39, 0.29) is 17.6 Å². The summed E-state index contributed by atoms with van der Waals surface area (Å²) >= 11 is 0. The van der Waals surface area contributed by atoms with Crippen molar-refractivity contribution in [3.8, 4) is 0 Å². The molecule has 20 heavy (non-hydrogen) atoms. The average molecular weight is 280 g/mol. The van der Waals surface area contributed by atoms with E-state index in [1.54, 1.807) is 7.11 Å². The second-order valence-electron chi connectivity index (χ2n) is 7.14. The average Bonchev–Trinajstić information content (AvgIpc) is 2.85. The van der Waals surface area contributed by atoms with Crippen molar-refractivity contribution in [3.63, 3.8) is 0 Å². The van der Waals surface area contributed by atoms with Gasteiger partial charge < -0.3 is 14.4 Å². The highest BCUT2D eigenvalue weighted by Crippen LogP contribution is 2.46. The molecule has 0 atom stereocenters. The molecule has 1 heterocycles. The fraction of sp³-hybridized carbons (Fsp3) is 0.867. The molecule has 2 aliphatic rings. The number of aliphatic hydroxyl groups is 1. The van der Waals surface area contributed by atoms with E-state index in [0.717, 1.165) is 38.5 Å². The molecule has 0 saturated heterocycles. The Morgan fingerprint density at radius 3 is 2.40 bits per heavy atom. The summed E-state index contributed by atoms with van der Waals surface area (Å²) in [6, 6.07) is 0. The normalized spacial score (nSPS) is 31.8. The van der Waals surface area contributed by atoms with Crippen LogP contribution in [0.5, 0.6) is 0 Å². The fourth-order valence-corrected chi connectivity index (χ4v) is 3.23. The summed E-state index contributed by atoms with van der Waals surface area (Å²) in [7, 11) is 1.74. The van der Waals surface area contributed by atoms with Crippen molar-refractivity contribution in [2.24, 2.45) is 5.41 Å². The molecule has 112 valence electrons. The van der Waals surface area contributed by atoms with Crippen LogP contribution in [0, 0.1) is 5.41 Å². The number of aliphatic hydroxyl groups excluding tert-OH is 1. The summed E-state index contributed by atoms with van der Waals surface area (Å²) in [5.41, 5.74) is -0.0215. The third kappa shape index (κ3) is 2.37. The molecular formula is C15H24N2O3. The largest absolute Gasteiger partial charge is 0.393 e. The van der Waals surface area contributed by atoms with Crippen molar-refractivity contribution in [2.75, 3.05) is 7.11 Å². The van der Waals surface area contributed by atoms with Crippen LogP contribution in [0.4, 0.5) is 0 Å². The number of aromatic nitrogens is 2. The smallest absolute Gasteiger partial charge is 0.230 e. The molecule has 2 aliphatic carbocycles. The molecule has 0 radical (unpaired) electrons. The highest BCUT2D eigenvalue weighted by atomic mass is 16.5. The highest BCUT2D eigenvalue weighted by molar-refractivity contribution is 5.08. The van der Waals surface area contributed by atoms with Crippen LogP contribution >= 0.6 is 0 Å². The molecule has 5 nitrogen and oxygen atoms in total. The number of hydrogen-bond donors (Lipinski definition) is 1. The van der Waals surface area contributed by atoms with Crippen molar-refractivity contribution in [1.29, 1.82) is 0 Å². The molecule has 0 bridgehead atoms. The van der Waals surface area contributed by atoms with Crippen LogP contribution < -0.4 is 0 Å². The van der Waals surface area contributed by atoms with Gasteiger partial charge in [0, 0.05) is 13.0 Å². The quantitative estimate of drug-likeness (QED) is 0.922. The Kier molecular flexibility index (Phi) is 3.37. The van der Waals surface area contributed by atoms with E-state index in [1.807, 2.05) is 0 Å². The highest BCUT2D eigenvalue weighted by Gasteiger charge is 2.44. The molecule has 1 N–H and O–H groups in total. The number of hydrogen-bond acceptors (Lipinski definition) is 5. The lowest BCUT2D eigenvalue weighted by molar-refractivity contribution is -0.0740. The maximum absolute atomic E-state index is 9.38. The minimum Gasteiger partial charge on any atom is -0.393 e. The van der Waals surface area contributed by atoms with Gasteiger partial charge in [0.1, 0.15) is 5.60 Å². The Morgan fingerprint density at radius 1 is 1.20 bits per heavy atom. The summed E-state index contributed by atoms with van der Waals surface area (Å²) in [4.78, 5) is 4.57. The van der Waals surface area contributed by atoms with Crippen molar-refractivity contribution in [3.05, 3.63) is 11.7 Å². The molecule has 2 saturated carbocycles. The van der Waals surface area contributed by atoms with E-state index in [1.165, 1.54) is 0 Å². The SMILES string of the molecule is COC1(c2noc(C3CC(O)C3)n2)CCC(C)(C)CC1. The Bertz CT molecular complexity index is 467. The van der Waals surface area contributed by atoms with Crippen molar-refractivity contribution in [2.45, 2.75) is 70.0 Å². The summed E-state index contributed by atoms with van der Waals surface area (Å²) in [6.45, 7) is 4.59. The molecule has 5 heteroatoms. The van der Waals surface area contributed by atoms with Gasteiger partial charge in [0.25, 0.3) is 0 Å². The zero-order valence-electron chi connectivity index (χ0n) is 12.6. The van der Waals surface area contributed by atoms with Gasteiger partial charge in [-0.3, -0.25) is 0 Å². The first-order valence-corrected chi connectivity index (χ1v) is 7.51. The van der Waals surface area contributed by atoms with Gasteiger partial charge in [-0.15, -0.1) is 0 Å². The second kappa shape index (κ2) is 4.81. The maximum atomic E-state index is 9.38. The number of methoxy groups -OCH3 is 1. The standard InChI is InChI=1S/C15H24N2O3/c1-14(2)4-6-15(19-3,7-5-14)13-16-12(20-17-13)10-8-11(18)9-10/h10-11,18H,4-9H2,1-3H3. The van der Waals surface area contributed by atoms with Crippen LogP contribution in [-0.2, 0) is 10.3 Å². The van der Waals surface area contributed by atoms with Gasteiger partial charge in [-0.25, -0.2) is 0 Å². The topological polar surface area (TPSA) is 68.4 Å². The monoisotopic (exact) mass is 280 g/mol. The van der Waals surface area contributed by atoms with Crippen molar-refractivity contribution in [1.82, 2.24) is 10.1 Å². The zero-order chi connectivity index (χ0) is 14.4. The van der Waals surface area contributed by atoms with Gasteiger partial charge in [0.2, 0.25) is 11.7 Å². The van der Waals surface area contributed by atoms with Crippen LogP contribution in [0.1, 0.15) is 70.0 Å². The third-order valence-corrected chi connectivity index (χ3v) is 5.11. The van der Waals surface area contributed by atoms with E-state index in [2.05, 4.69) is 24.0 Å². The van der Waals surface area contributed by atoms with Crippen molar-refractivity contribution < 1.29 is 14.4 Å². The van der Waals surface area contributed by atoms with Crippen LogP contribution in [-0.4, -0.2) is 28.5 Å². The number of ether oxygens (including phenoxy) is 1. The lowest BCUT2D eigenvalue weighted by atomic mass is 9.70. The summed E-state index contributed by atoms with van der Waals surface area (Å²) in [5, 5.41) is 13.5. The Labute approximate surface area is 119 Å². The van der Waals surface area contributed by atoms with Gasteiger partial charge >= 0.3 is 0 Å². The van der Waals surface area contributed by atoms with Gasteiger partial charge in [0.15, 0.2) is 0 Å². The van der Waals surface area contributed by atoms with Crippen LogP contribution in [0.3, 0.4) is 0 Å². The van der Waals surface area contributed by atoms with E-state index in [0.29, 0.717) is 17.1 Å². The second-order valence-corrected chi connectivity index (χ2v) is 7.14. The lowest BCUT2D eigenvalue weighted by Crippen LogP contribution is -2.37. The fourth-order valence-electron chi connectivity index (χ4n) is 3.23. The maximum Gasteiger partial charge on any atom is 0.230 e. The number of nitrogens with zero attached hydrogens (tertiary/aromatic N) is 2. The zero-order valence-corrected chi connectivity index (χ0v) is 12.6. The van der Waals surface area contributed by atoms with E-state index >= 15 is 0 Å². The third-order valence-electron chi connectivity index (χ3n) is 5.11. The molecule has 0 aliphatic heterocycles. The van der Waals surface area contributed by atoms with Gasteiger partial charge in [-0.2, -0.15) is 4.98 Å². The Hall–Kier alpha value is -0.940. The predicted molar refractivity (Wildman–Crippen MR) is 73.2 cm³/mol. The van der Waals surface area contributed by atoms with E-state index in [9.17, 15) is 5.11 Å². The molecule has 1 aromatic heterocycles. The molecule has 0 spiro atoms. The van der Waals surface area contributed by atoms with Gasteiger partial charge in [0.05, 0.1) is 6.10 Å². The summed E-state index contributed by atoms with van der Waals surface area (Å²) in [6.07, 6.45) is 5.33. The minimum atomic E-state index is -0.389. The Balaban J connectivity index is 1.76. The first-order valence-electron chi connectivity index (χ1n) is 7.51. The van der Waals surface area contributed by atoms with Gasteiger partial charge in [-0.05, 0) is 43.9 Å². The van der Waals surface area contributed by atoms with Crippen LogP contribution in [0.25, 0.3) is 0 Å². The first kappa shape index (κ1) is 14.0. The van der Waals surface area contributed by atoms with Crippen LogP contribution in [0.2, 0.25) is 0 Å². The number of rotatable bonds is 3. The summed E-state index contributed by atoms with van der Waals surface area (Å²) in [5.74, 6) is 1.57. The first-order chi connectivity index (χ1) is 9.44. The van der Waals surface area contributed by atoms with Gasteiger partial charge in [-0.1, -0.05) is 19.0 Å². The molecule has 3 rings (SSSR count). The van der Waals surface area contributed by atoms with Crippen LogP contribution in [0.15, 0.2) is 4.52 Å². The Morgan fingerprint density at radius 2 is 1.85 bits per heavy atom. The lowest BCUT2D eigenvalue weighted by Gasteiger charge is -2.40. The molecular weight excluding hydrogens is 256 g/mol. The van der Waals surface area contributed by atoms with E-state index < -0.39 is 0 Å². The van der Waals surface area contributed by atoms with Crippen molar-refractivity contribution >= 4 is 0 Å². The van der Waals surface area contributed by atoms with E-state index in [4.69, 9.17) is 9.26 Å². The molecule has 0 aromatic carbocycles. The molecule has 2 fully saturated rings. The summed E-state index contributed by atoms with van der Waals surface area (Å²) < 4.78 is 11.2. The minimum absolute atomic E-state index is 0.206.